The molecule has 4 nitrogen and oxygen atoms in total. The first-order chi connectivity index (χ1) is 8.56. The molecular formula is C14H20O4. The minimum absolute atomic E-state index is 0.0874. The Balaban J connectivity index is 2.44. The summed E-state index contributed by atoms with van der Waals surface area (Å²) in [4.78, 5) is 21.4. The van der Waals surface area contributed by atoms with Gasteiger partial charge in [0, 0.05) is 13.5 Å². The van der Waals surface area contributed by atoms with Crippen molar-refractivity contribution in [3.63, 3.8) is 0 Å². The van der Waals surface area contributed by atoms with Crippen molar-refractivity contribution in [1.29, 1.82) is 0 Å². The zero-order valence-corrected chi connectivity index (χ0v) is 11.4. The molecule has 0 amide bonds. The number of benzene rings is 1. The molecule has 0 spiro atoms. The normalized spacial score (nSPS) is 12.2. The van der Waals surface area contributed by atoms with Crippen molar-refractivity contribution in [1.82, 2.24) is 0 Å². The fourth-order valence-corrected chi connectivity index (χ4v) is 1.44. The summed E-state index contributed by atoms with van der Waals surface area (Å²) in [5.41, 5.74) is 2.50. The molecular weight excluding hydrogens is 232 g/mol. The van der Waals surface area contributed by atoms with E-state index in [0.717, 1.165) is 11.1 Å². The van der Waals surface area contributed by atoms with Gasteiger partial charge < -0.3 is 4.74 Å². The van der Waals surface area contributed by atoms with Gasteiger partial charge in [-0.2, -0.15) is 4.89 Å². The fourth-order valence-electron chi connectivity index (χ4n) is 1.44. The molecule has 0 radical (unpaired) electrons. The lowest BCUT2D eigenvalue weighted by Gasteiger charge is -2.10. The average Bonchev–Trinajstić information content (AvgIpc) is 2.37. The van der Waals surface area contributed by atoms with Crippen LogP contribution in [0.2, 0.25) is 0 Å². The van der Waals surface area contributed by atoms with E-state index in [2.05, 4.69) is 0 Å². The molecule has 1 aromatic rings. The Morgan fingerprint density at radius 1 is 1.33 bits per heavy atom. The summed E-state index contributed by atoms with van der Waals surface area (Å²) in [6.07, 6.45) is 0.765. The minimum atomic E-state index is -0.457. The molecule has 0 aromatic heterocycles. The molecule has 0 bridgehead atoms. The predicted molar refractivity (Wildman–Crippen MR) is 68.4 cm³/mol. The molecule has 0 saturated heterocycles. The highest BCUT2D eigenvalue weighted by Gasteiger charge is 2.12. The van der Waals surface area contributed by atoms with Gasteiger partial charge in [-0.25, -0.2) is 4.79 Å². The monoisotopic (exact) mass is 252 g/mol. The lowest BCUT2D eigenvalue weighted by molar-refractivity contribution is -0.244. The van der Waals surface area contributed by atoms with Gasteiger partial charge in [-0.3, -0.25) is 4.89 Å². The number of methoxy groups -OCH3 is 1. The molecule has 1 unspecified atom stereocenters. The molecule has 0 N–H and O–H groups in total. The molecule has 1 rings (SSSR count). The van der Waals surface area contributed by atoms with Gasteiger partial charge in [0.1, 0.15) is 0 Å². The van der Waals surface area contributed by atoms with Crippen LogP contribution in [0.15, 0.2) is 18.2 Å². The van der Waals surface area contributed by atoms with Crippen LogP contribution in [-0.4, -0.2) is 25.8 Å². The Morgan fingerprint density at radius 2 is 2.06 bits per heavy atom. The Labute approximate surface area is 108 Å². The van der Waals surface area contributed by atoms with E-state index in [9.17, 15) is 4.79 Å². The molecule has 0 aliphatic carbocycles. The van der Waals surface area contributed by atoms with Crippen molar-refractivity contribution in [2.45, 2.75) is 33.3 Å². The highest BCUT2D eigenvalue weighted by molar-refractivity contribution is 5.90. The summed E-state index contributed by atoms with van der Waals surface area (Å²) < 4.78 is 5.06. The van der Waals surface area contributed by atoms with Crippen LogP contribution in [0.5, 0.6) is 0 Å². The molecule has 4 heteroatoms. The van der Waals surface area contributed by atoms with Gasteiger partial charge in [0.15, 0.2) is 0 Å². The van der Waals surface area contributed by atoms with Crippen LogP contribution in [0.3, 0.4) is 0 Å². The average molecular weight is 252 g/mol. The summed E-state index contributed by atoms with van der Waals surface area (Å²) >= 11 is 0. The van der Waals surface area contributed by atoms with E-state index in [1.165, 1.54) is 0 Å². The highest BCUT2D eigenvalue weighted by Crippen LogP contribution is 2.13. The van der Waals surface area contributed by atoms with E-state index in [1.807, 2.05) is 32.9 Å². The van der Waals surface area contributed by atoms with Crippen molar-refractivity contribution in [2.75, 3.05) is 13.7 Å². The first kappa shape index (κ1) is 14.7. The van der Waals surface area contributed by atoms with E-state index in [4.69, 9.17) is 14.5 Å². The predicted octanol–water partition coefficient (Wildman–Crippen LogP) is 2.82. The molecule has 0 fully saturated rings. The second-order valence-electron chi connectivity index (χ2n) is 4.28. The van der Waals surface area contributed by atoms with Crippen LogP contribution in [0.1, 0.15) is 34.8 Å². The van der Waals surface area contributed by atoms with Gasteiger partial charge in [0.2, 0.25) is 0 Å². The summed E-state index contributed by atoms with van der Waals surface area (Å²) in [5, 5.41) is 0. The maximum atomic E-state index is 11.8. The van der Waals surface area contributed by atoms with Crippen LogP contribution in [-0.2, 0) is 14.5 Å². The molecule has 18 heavy (non-hydrogen) atoms. The third-order valence-corrected chi connectivity index (χ3v) is 2.97. The number of hydrogen-bond acceptors (Lipinski definition) is 4. The quantitative estimate of drug-likeness (QED) is 0.443. The summed E-state index contributed by atoms with van der Waals surface area (Å²) in [6, 6.07) is 5.50. The van der Waals surface area contributed by atoms with Crippen LogP contribution >= 0.6 is 0 Å². The van der Waals surface area contributed by atoms with Gasteiger partial charge in [-0.1, -0.05) is 12.1 Å². The second-order valence-corrected chi connectivity index (χ2v) is 4.28. The van der Waals surface area contributed by atoms with E-state index in [0.29, 0.717) is 18.6 Å². The molecule has 0 aliphatic heterocycles. The number of carbonyl (C=O) groups excluding carboxylic acids is 1. The van der Waals surface area contributed by atoms with E-state index in [-0.39, 0.29) is 6.10 Å². The van der Waals surface area contributed by atoms with Crippen LogP contribution in [0.25, 0.3) is 0 Å². The fraction of sp³-hybridized carbons (Fsp3) is 0.500. The second kappa shape index (κ2) is 7.13. The maximum Gasteiger partial charge on any atom is 0.373 e. The van der Waals surface area contributed by atoms with Gasteiger partial charge in [-0.15, -0.1) is 0 Å². The molecule has 1 aromatic carbocycles. The number of aryl methyl sites for hydroxylation is 1. The van der Waals surface area contributed by atoms with Gasteiger partial charge in [-0.05, 0) is 38.0 Å². The maximum absolute atomic E-state index is 11.8. The Hall–Kier alpha value is -1.39. The number of carbonyl (C=O) groups is 1. The third kappa shape index (κ3) is 4.13. The van der Waals surface area contributed by atoms with E-state index >= 15 is 0 Å². The summed E-state index contributed by atoms with van der Waals surface area (Å²) in [6.45, 7) is 6.09. The minimum Gasteiger partial charge on any atom is -0.382 e. The summed E-state index contributed by atoms with van der Waals surface area (Å²) in [7, 11) is 1.63. The Bertz CT molecular complexity index is 401. The van der Waals surface area contributed by atoms with Crippen molar-refractivity contribution in [3.05, 3.63) is 34.9 Å². The Kier molecular flexibility index (Phi) is 5.82. The zero-order valence-electron chi connectivity index (χ0n) is 11.4. The molecule has 0 heterocycles. The van der Waals surface area contributed by atoms with E-state index in [1.54, 1.807) is 13.2 Å². The lowest BCUT2D eigenvalue weighted by Crippen LogP contribution is -2.13. The van der Waals surface area contributed by atoms with Crippen LogP contribution in [0.4, 0.5) is 0 Å². The van der Waals surface area contributed by atoms with Crippen LogP contribution < -0.4 is 0 Å². The number of hydrogen-bond donors (Lipinski definition) is 0. The zero-order chi connectivity index (χ0) is 13.5. The first-order valence-corrected chi connectivity index (χ1v) is 5.99. The Morgan fingerprint density at radius 3 is 2.72 bits per heavy atom. The molecule has 0 saturated carbocycles. The number of ether oxygens (including phenoxy) is 1. The standard InChI is InChI=1S/C14H20O4/c1-10-6-5-7-13(12(10)3)14(15)18-17-9-8-11(2)16-4/h5-7,11H,8-9H2,1-4H3. The SMILES string of the molecule is COC(C)CCOOC(=O)c1cccc(C)c1C. The van der Waals surface area contributed by atoms with E-state index < -0.39 is 5.97 Å². The largest absolute Gasteiger partial charge is 0.382 e. The van der Waals surface area contributed by atoms with Gasteiger partial charge in [0.05, 0.1) is 18.3 Å². The van der Waals surface area contributed by atoms with Crippen molar-refractivity contribution in [3.8, 4) is 0 Å². The summed E-state index contributed by atoms with van der Waals surface area (Å²) in [5.74, 6) is -0.457. The molecule has 100 valence electrons. The lowest BCUT2D eigenvalue weighted by atomic mass is 10.0. The van der Waals surface area contributed by atoms with Gasteiger partial charge in [0.25, 0.3) is 0 Å². The van der Waals surface area contributed by atoms with Crippen molar-refractivity contribution in [2.24, 2.45) is 0 Å². The smallest absolute Gasteiger partial charge is 0.373 e. The van der Waals surface area contributed by atoms with Crippen molar-refractivity contribution >= 4 is 5.97 Å². The number of rotatable bonds is 6. The first-order valence-electron chi connectivity index (χ1n) is 5.99. The van der Waals surface area contributed by atoms with Crippen molar-refractivity contribution < 1.29 is 19.3 Å². The molecule has 1 atom stereocenters. The molecule has 0 aliphatic rings. The van der Waals surface area contributed by atoms with Crippen LogP contribution in [0, 0.1) is 13.8 Å². The topological polar surface area (TPSA) is 44.8 Å². The highest BCUT2D eigenvalue weighted by atomic mass is 17.2. The van der Waals surface area contributed by atoms with Gasteiger partial charge >= 0.3 is 5.97 Å². The third-order valence-electron chi connectivity index (χ3n) is 2.97.